The number of hydrogen-bond donors (Lipinski definition) is 0. The number of methoxy groups -OCH3 is 1. The highest BCUT2D eigenvalue weighted by Crippen LogP contribution is 2.32. The Balaban J connectivity index is 1.20. The van der Waals surface area contributed by atoms with E-state index in [-0.39, 0.29) is 17.9 Å². The van der Waals surface area contributed by atoms with Gasteiger partial charge >= 0.3 is 5.97 Å². The van der Waals surface area contributed by atoms with Crippen LogP contribution in [0.2, 0.25) is 0 Å². The second-order valence-corrected chi connectivity index (χ2v) is 9.39. The lowest BCUT2D eigenvalue weighted by Crippen LogP contribution is -2.35. The lowest BCUT2D eigenvalue weighted by Gasteiger charge is -2.26. The smallest absolute Gasteiger partial charge is 0.309 e. The minimum absolute atomic E-state index is 0.0436. The molecule has 186 valence electrons. The third-order valence-electron chi connectivity index (χ3n) is 7.27. The van der Waals surface area contributed by atoms with Crippen LogP contribution in [0.3, 0.4) is 0 Å². The summed E-state index contributed by atoms with van der Waals surface area (Å²) in [5.41, 5.74) is 1.58. The molecular weight excluding hydrogens is 458 g/mol. The third kappa shape index (κ3) is 4.19. The number of hydrogen-bond acceptors (Lipinski definition) is 8. The van der Waals surface area contributed by atoms with Gasteiger partial charge in [-0.2, -0.15) is 0 Å². The van der Waals surface area contributed by atoms with Crippen molar-refractivity contribution in [2.45, 2.75) is 38.3 Å². The molecule has 0 bridgehead atoms. The van der Waals surface area contributed by atoms with Crippen molar-refractivity contribution in [3.05, 3.63) is 49.1 Å². The summed E-state index contributed by atoms with van der Waals surface area (Å²) in [7, 11) is 1.67. The topological polar surface area (TPSA) is 91.6 Å². The molecule has 0 amide bonds. The minimum atomic E-state index is -0.0979. The summed E-state index contributed by atoms with van der Waals surface area (Å²) >= 11 is 0. The van der Waals surface area contributed by atoms with Crippen molar-refractivity contribution in [2.75, 3.05) is 31.8 Å². The number of carbonyl (C=O) groups excluding carboxylic acids is 1. The van der Waals surface area contributed by atoms with Gasteiger partial charge in [0.05, 0.1) is 32.0 Å². The zero-order chi connectivity index (χ0) is 24.5. The van der Waals surface area contributed by atoms with Crippen molar-refractivity contribution < 1.29 is 19.0 Å². The van der Waals surface area contributed by atoms with Crippen molar-refractivity contribution in [1.82, 2.24) is 19.5 Å². The van der Waals surface area contributed by atoms with Crippen LogP contribution in [0.25, 0.3) is 21.9 Å². The zero-order valence-corrected chi connectivity index (χ0v) is 20.3. The Morgan fingerprint density at radius 2 is 2.08 bits per heavy atom. The quantitative estimate of drug-likeness (QED) is 0.345. The maximum Gasteiger partial charge on any atom is 0.309 e. The zero-order valence-electron chi connectivity index (χ0n) is 20.3. The van der Waals surface area contributed by atoms with Crippen molar-refractivity contribution in [3.63, 3.8) is 0 Å². The fourth-order valence-corrected chi connectivity index (χ4v) is 5.29. The first-order valence-corrected chi connectivity index (χ1v) is 12.5. The molecule has 6 rings (SSSR count). The van der Waals surface area contributed by atoms with E-state index in [2.05, 4.69) is 25.9 Å². The van der Waals surface area contributed by atoms with Gasteiger partial charge in [-0.15, -0.1) is 0 Å². The van der Waals surface area contributed by atoms with Gasteiger partial charge in [0.2, 0.25) is 0 Å². The highest BCUT2D eigenvalue weighted by atomic mass is 16.5. The number of aryl methyl sites for hydroxylation is 1. The standard InChI is InChI=1S/C27H29N5O4/c1-34-21-8-7-18-4-2-6-23(22(18)14-21)36-15-20-5-3-11-32(20)26-24-25(28-16-29-26)31(17-30-24)12-9-19-10-13-35-27(19)33/h2,4,6-8,14,16-17,19-20H,3,5,9-13,15H2,1H3/t19?,20-/m1/s1. The van der Waals surface area contributed by atoms with Crippen molar-refractivity contribution in [3.8, 4) is 11.5 Å². The van der Waals surface area contributed by atoms with E-state index in [0.29, 0.717) is 19.8 Å². The summed E-state index contributed by atoms with van der Waals surface area (Å²) in [5, 5.41) is 2.15. The van der Waals surface area contributed by atoms with Gasteiger partial charge in [0, 0.05) is 18.5 Å². The number of benzene rings is 2. The highest BCUT2D eigenvalue weighted by molar-refractivity contribution is 5.89. The Hall–Kier alpha value is -3.88. The highest BCUT2D eigenvalue weighted by Gasteiger charge is 2.30. The molecular formula is C27H29N5O4. The SMILES string of the molecule is COc1ccc2cccc(OC[C@H]3CCCN3c3ncnc4c3ncn4CCC3CCOC3=O)c2c1. The molecule has 4 heterocycles. The molecule has 0 N–H and O–H groups in total. The number of imidazole rings is 1. The number of anilines is 1. The molecule has 0 radical (unpaired) electrons. The van der Waals surface area contributed by atoms with E-state index in [1.807, 2.05) is 34.9 Å². The summed E-state index contributed by atoms with van der Waals surface area (Å²) in [4.78, 5) is 27.9. The molecule has 2 aromatic heterocycles. The molecule has 0 spiro atoms. The number of esters is 1. The van der Waals surface area contributed by atoms with E-state index in [4.69, 9.17) is 14.2 Å². The molecule has 4 aromatic rings. The first-order valence-electron chi connectivity index (χ1n) is 12.5. The monoisotopic (exact) mass is 487 g/mol. The number of ether oxygens (including phenoxy) is 3. The van der Waals surface area contributed by atoms with Crippen LogP contribution in [-0.4, -0.2) is 58.4 Å². The lowest BCUT2D eigenvalue weighted by atomic mass is 10.0. The van der Waals surface area contributed by atoms with E-state index in [9.17, 15) is 4.79 Å². The fourth-order valence-electron chi connectivity index (χ4n) is 5.29. The molecule has 9 heteroatoms. The van der Waals surface area contributed by atoms with Gasteiger partial charge in [-0.05, 0) is 49.3 Å². The van der Waals surface area contributed by atoms with Gasteiger partial charge in [-0.1, -0.05) is 18.2 Å². The van der Waals surface area contributed by atoms with Gasteiger partial charge in [0.25, 0.3) is 0 Å². The largest absolute Gasteiger partial charge is 0.497 e. The van der Waals surface area contributed by atoms with Crippen LogP contribution in [0.5, 0.6) is 11.5 Å². The normalized spacial score (nSPS) is 19.8. The molecule has 36 heavy (non-hydrogen) atoms. The summed E-state index contributed by atoms with van der Waals surface area (Å²) in [6.45, 7) is 2.63. The number of cyclic esters (lactones) is 1. The van der Waals surface area contributed by atoms with Crippen molar-refractivity contribution in [2.24, 2.45) is 5.92 Å². The molecule has 2 aliphatic heterocycles. The summed E-state index contributed by atoms with van der Waals surface area (Å²) in [5.74, 6) is 2.35. The van der Waals surface area contributed by atoms with Gasteiger partial charge < -0.3 is 23.7 Å². The number of fused-ring (bicyclic) bond motifs is 2. The van der Waals surface area contributed by atoms with Crippen LogP contribution < -0.4 is 14.4 Å². The molecule has 2 atom stereocenters. The van der Waals surface area contributed by atoms with Gasteiger partial charge in [0.1, 0.15) is 24.4 Å². The summed E-state index contributed by atoms with van der Waals surface area (Å²) in [6, 6.07) is 12.3. The molecule has 2 aliphatic rings. The maximum absolute atomic E-state index is 11.8. The van der Waals surface area contributed by atoms with Crippen LogP contribution in [0.4, 0.5) is 5.82 Å². The van der Waals surface area contributed by atoms with Crippen molar-refractivity contribution in [1.29, 1.82) is 0 Å². The van der Waals surface area contributed by atoms with Crippen LogP contribution in [0, 0.1) is 5.92 Å². The lowest BCUT2D eigenvalue weighted by molar-refractivity contribution is -0.141. The van der Waals surface area contributed by atoms with E-state index >= 15 is 0 Å². The maximum atomic E-state index is 11.8. The fraction of sp³-hybridized carbons (Fsp3) is 0.407. The van der Waals surface area contributed by atoms with E-state index in [1.165, 1.54) is 0 Å². The number of aromatic nitrogens is 4. The van der Waals surface area contributed by atoms with Gasteiger partial charge in [0.15, 0.2) is 17.0 Å². The average Bonchev–Trinajstić information content (AvgIpc) is 3.65. The molecule has 2 aromatic carbocycles. The Labute approximate surface area is 209 Å². The third-order valence-corrected chi connectivity index (χ3v) is 7.27. The molecule has 2 fully saturated rings. The second kappa shape index (κ2) is 9.64. The Kier molecular flexibility index (Phi) is 6.04. The van der Waals surface area contributed by atoms with Crippen LogP contribution >= 0.6 is 0 Å². The van der Waals surface area contributed by atoms with Gasteiger partial charge in [-0.3, -0.25) is 4.79 Å². The van der Waals surface area contributed by atoms with Crippen LogP contribution in [0.1, 0.15) is 25.7 Å². The van der Waals surface area contributed by atoms with E-state index in [1.54, 1.807) is 19.8 Å². The first-order chi connectivity index (χ1) is 17.7. The Morgan fingerprint density at radius 3 is 2.94 bits per heavy atom. The predicted octanol–water partition coefficient (Wildman–Crippen LogP) is 3.99. The number of carbonyl (C=O) groups is 1. The second-order valence-electron chi connectivity index (χ2n) is 9.39. The van der Waals surface area contributed by atoms with E-state index in [0.717, 1.165) is 71.5 Å². The molecule has 1 unspecified atom stereocenters. The Morgan fingerprint density at radius 1 is 1.14 bits per heavy atom. The first kappa shape index (κ1) is 22.6. The molecule has 2 saturated heterocycles. The number of rotatable bonds is 8. The molecule has 9 nitrogen and oxygen atoms in total. The van der Waals surface area contributed by atoms with Crippen LogP contribution in [0.15, 0.2) is 49.1 Å². The summed E-state index contributed by atoms with van der Waals surface area (Å²) in [6.07, 6.45) is 6.99. The van der Waals surface area contributed by atoms with E-state index < -0.39 is 0 Å². The summed E-state index contributed by atoms with van der Waals surface area (Å²) < 4.78 is 18.9. The van der Waals surface area contributed by atoms with Gasteiger partial charge in [-0.25, -0.2) is 15.0 Å². The predicted molar refractivity (Wildman–Crippen MR) is 135 cm³/mol. The minimum Gasteiger partial charge on any atom is -0.497 e. The average molecular weight is 488 g/mol. The number of nitrogens with zero attached hydrogens (tertiary/aromatic N) is 5. The molecule has 0 saturated carbocycles. The Bertz CT molecular complexity index is 1400. The van der Waals surface area contributed by atoms with Crippen LogP contribution in [-0.2, 0) is 16.1 Å². The molecule has 0 aliphatic carbocycles. The van der Waals surface area contributed by atoms with Crippen molar-refractivity contribution >= 4 is 33.7 Å².